The van der Waals surface area contributed by atoms with Gasteiger partial charge in [0.05, 0.1) is 0 Å². The molecule has 0 aromatic heterocycles. The minimum Gasteiger partial charge on any atom is -0.323 e. The zero-order valence-electron chi connectivity index (χ0n) is 7.52. The van der Waals surface area contributed by atoms with Crippen LogP contribution in [0.2, 0.25) is 0 Å². The van der Waals surface area contributed by atoms with Gasteiger partial charge in [-0.15, -0.1) is 0 Å². The molecule has 76 valence electrons. The van der Waals surface area contributed by atoms with Crippen molar-refractivity contribution in [2.75, 3.05) is 6.54 Å². The lowest BCUT2D eigenvalue weighted by molar-refractivity contribution is 0.265. The predicted octanol–water partition coefficient (Wildman–Crippen LogP) is 0.900. The van der Waals surface area contributed by atoms with Gasteiger partial charge in [-0.25, -0.2) is 0 Å². The second-order valence-corrected chi connectivity index (χ2v) is 5.89. The first kappa shape index (κ1) is 9.66. The maximum absolute atomic E-state index is 11.1. The zero-order chi connectivity index (χ0) is 9.47. The van der Waals surface area contributed by atoms with E-state index in [-0.39, 0.29) is 5.92 Å². The van der Waals surface area contributed by atoms with E-state index in [2.05, 4.69) is 5.32 Å². The molecule has 1 saturated heterocycles. The molecule has 2 fully saturated rings. The quantitative estimate of drug-likeness (QED) is 0.556. The van der Waals surface area contributed by atoms with Gasteiger partial charge >= 0.3 is 7.60 Å². The third-order valence-corrected chi connectivity index (χ3v) is 4.62. The van der Waals surface area contributed by atoms with Gasteiger partial charge in [0.15, 0.2) is 0 Å². The summed E-state index contributed by atoms with van der Waals surface area (Å²) in [4.78, 5) is 18.2. The van der Waals surface area contributed by atoms with Gasteiger partial charge in [-0.3, -0.25) is 4.57 Å². The van der Waals surface area contributed by atoms with Crippen LogP contribution in [0.5, 0.6) is 0 Å². The van der Waals surface area contributed by atoms with E-state index in [1.807, 2.05) is 0 Å². The van der Waals surface area contributed by atoms with Crippen LogP contribution in [0, 0.1) is 11.8 Å². The summed E-state index contributed by atoms with van der Waals surface area (Å²) in [6.07, 6.45) is 4.46. The Balaban J connectivity index is 2.11. The average Bonchev–Trinajstić information content (AvgIpc) is 2.45. The molecule has 1 aliphatic carbocycles. The van der Waals surface area contributed by atoms with Crippen molar-refractivity contribution in [3.63, 3.8) is 0 Å². The SMILES string of the molecule is O=P(O)(O)[C@H]1NC[C@H]2CCCC[C@H]21. The van der Waals surface area contributed by atoms with Crippen LogP contribution in [0.4, 0.5) is 0 Å². The first-order valence-corrected chi connectivity index (χ1v) is 6.56. The summed E-state index contributed by atoms with van der Waals surface area (Å²) in [5.41, 5.74) is 0. The maximum atomic E-state index is 11.1. The molecule has 4 nitrogen and oxygen atoms in total. The Morgan fingerprint density at radius 3 is 2.62 bits per heavy atom. The number of hydrogen-bond donors (Lipinski definition) is 3. The minimum atomic E-state index is -3.91. The van der Waals surface area contributed by atoms with Crippen LogP contribution >= 0.6 is 7.60 Å². The highest BCUT2D eigenvalue weighted by Crippen LogP contribution is 2.51. The molecule has 13 heavy (non-hydrogen) atoms. The summed E-state index contributed by atoms with van der Waals surface area (Å²) >= 11 is 0. The highest BCUT2D eigenvalue weighted by Gasteiger charge is 2.45. The second kappa shape index (κ2) is 3.35. The van der Waals surface area contributed by atoms with Gasteiger partial charge in [0.2, 0.25) is 0 Å². The van der Waals surface area contributed by atoms with Crippen molar-refractivity contribution >= 4 is 7.60 Å². The summed E-state index contributed by atoms with van der Waals surface area (Å²) in [5.74, 6) is 0.166. The van der Waals surface area contributed by atoms with Crippen LogP contribution in [0.3, 0.4) is 0 Å². The van der Waals surface area contributed by atoms with Crippen molar-refractivity contribution in [1.29, 1.82) is 0 Å². The highest BCUT2D eigenvalue weighted by atomic mass is 31.2. The largest absolute Gasteiger partial charge is 0.342 e. The summed E-state index contributed by atoms with van der Waals surface area (Å²) in [7, 11) is -3.91. The Hall–Kier alpha value is 0.110. The standard InChI is InChI=1S/C8H16NO3P/c10-13(11,12)8-7-4-2-1-3-6(7)5-9-8/h6-9H,1-5H2,(H2,10,11,12)/t6-,7-,8-/m1/s1. The van der Waals surface area contributed by atoms with Gasteiger partial charge in [-0.1, -0.05) is 12.8 Å². The normalized spacial score (nSPS) is 40.3. The molecule has 1 aliphatic heterocycles. The van der Waals surface area contributed by atoms with Crippen LogP contribution in [0.1, 0.15) is 25.7 Å². The molecule has 0 unspecified atom stereocenters. The van der Waals surface area contributed by atoms with Crippen molar-refractivity contribution in [2.45, 2.75) is 31.5 Å². The predicted molar refractivity (Wildman–Crippen MR) is 49.3 cm³/mol. The lowest BCUT2D eigenvalue weighted by atomic mass is 9.82. The van der Waals surface area contributed by atoms with Gasteiger partial charge < -0.3 is 15.1 Å². The Kier molecular flexibility index (Phi) is 2.49. The third-order valence-electron chi connectivity index (χ3n) is 3.32. The molecule has 0 bridgehead atoms. The Bertz CT molecular complexity index is 240. The zero-order valence-corrected chi connectivity index (χ0v) is 8.41. The van der Waals surface area contributed by atoms with Crippen molar-refractivity contribution in [1.82, 2.24) is 5.32 Å². The van der Waals surface area contributed by atoms with Crippen molar-refractivity contribution < 1.29 is 14.4 Å². The van der Waals surface area contributed by atoms with E-state index in [4.69, 9.17) is 9.79 Å². The van der Waals surface area contributed by atoms with Crippen molar-refractivity contribution in [3.05, 3.63) is 0 Å². The van der Waals surface area contributed by atoms with E-state index in [1.54, 1.807) is 0 Å². The number of rotatable bonds is 1. The van der Waals surface area contributed by atoms with Crippen LogP contribution in [-0.2, 0) is 4.57 Å². The van der Waals surface area contributed by atoms with E-state index in [1.165, 1.54) is 6.42 Å². The van der Waals surface area contributed by atoms with Crippen molar-refractivity contribution in [3.8, 4) is 0 Å². The topological polar surface area (TPSA) is 69.6 Å². The van der Waals surface area contributed by atoms with E-state index < -0.39 is 13.4 Å². The molecule has 3 N–H and O–H groups in total. The van der Waals surface area contributed by atoms with Gasteiger partial charge in [-0.05, 0) is 31.2 Å². The average molecular weight is 205 g/mol. The fourth-order valence-corrected chi connectivity index (χ4v) is 3.93. The molecular formula is C8H16NO3P. The Morgan fingerprint density at radius 1 is 1.23 bits per heavy atom. The van der Waals surface area contributed by atoms with Gasteiger partial charge in [0.25, 0.3) is 0 Å². The first-order valence-electron chi connectivity index (χ1n) is 4.87. The lowest BCUT2D eigenvalue weighted by Gasteiger charge is -2.28. The van der Waals surface area contributed by atoms with Crippen LogP contribution in [-0.4, -0.2) is 22.1 Å². The summed E-state index contributed by atoms with van der Waals surface area (Å²) < 4.78 is 11.1. The smallest absolute Gasteiger partial charge is 0.323 e. The fourth-order valence-electron chi connectivity index (χ4n) is 2.70. The van der Waals surface area contributed by atoms with Crippen molar-refractivity contribution in [2.24, 2.45) is 11.8 Å². The van der Waals surface area contributed by atoms with E-state index in [0.717, 1.165) is 25.8 Å². The van der Waals surface area contributed by atoms with E-state index in [9.17, 15) is 4.57 Å². The van der Waals surface area contributed by atoms with Gasteiger partial charge in [0, 0.05) is 0 Å². The molecule has 0 amide bonds. The second-order valence-electron chi connectivity index (χ2n) is 4.15. The maximum Gasteiger partial charge on any atom is 0.342 e. The summed E-state index contributed by atoms with van der Waals surface area (Å²) in [6, 6.07) is 0. The van der Waals surface area contributed by atoms with Gasteiger partial charge in [-0.2, -0.15) is 0 Å². The summed E-state index contributed by atoms with van der Waals surface area (Å²) in [6.45, 7) is 0.792. The number of fused-ring (bicyclic) bond motifs is 1. The molecule has 2 aliphatic rings. The Morgan fingerprint density at radius 2 is 1.92 bits per heavy atom. The number of nitrogens with one attached hydrogen (secondary N) is 1. The molecule has 5 heteroatoms. The third kappa shape index (κ3) is 1.82. The molecule has 0 radical (unpaired) electrons. The molecule has 0 aromatic carbocycles. The van der Waals surface area contributed by atoms with Crippen LogP contribution < -0.4 is 5.32 Å². The molecule has 0 spiro atoms. The molecule has 1 saturated carbocycles. The summed E-state index contributed by atoms with van der Waals surface area (Å²) in [5, 5.41) is 2.98. The first-order chi connectivity index (χ1) is 6.09. The highest BCUT2D eigenvalue weighted by molar-refractivity contribution is 7.52. The lowest BCUT2D eigenvalue weighted by Crippen LogP contribution is -2.28. The van der Waals surface area contributed by atoms with Gasteiger partial charge in [0.1, 0.15) is 5.78 Å². The molecule has 0 aromatic rings. The monoisotopic (exact) mass is 205 g/mol. The van der Waals surface area contributed by atoms with Crippen LogP contribution in [0.15, 0.2) is 0 Å². The van der Waals surface area contributed by atoms with Crippen LogP contribution in [0.25, 0.3) is 0 Å². The number of hydrogen-bond acceptors (Lipinski definition) is 2. The molecule has 2 rings (SSSR count). The minimum absolute atomic E-state index is 0.217. The molecular weight excluding hydrogens is 189 g/mol. The fraction of sp³-hybridized carbons (Fsp3) is 1.00. The van der Waals surface area contributed by atoms with E-state index in [0.29, 0.717) is 5.92 Å². The van der Waals surface area contributed by atoms with E-state index >= 15 is 0 Å². The molecule has 1 heterocycles. The molecule has 3 atom stereocenters. The Labute approximate surface area is 77.9 Å².